The quantitative estimate of drug-likeness (QED) is 0.143. The highest BCUT2D eigenvalue weighted by molar-refractivity contribution is 6.05. The Balaban J connectivity index is 2.69. The maximum atomic E-state index is 12.8. The summed E-state index contributed by atoms with van der Waals surface area (Å²) >= 11 is 0. The molecule has 1 aliphatic rings. The molecule has 2 rings (SSSR count). The molecule has 1 aromatic rings. The second-order valence-electron chi connectivity index (χ2n) is 9.60. The number of benzene rings is 1. The van der Waals surface area contributed by atoms with Crippen molar-refractivity contribution in [3.05, 3.63) is 52.7 Å². The molecule has 0 aliphatic carbocycles. The van der Waals surface area contributed by atoms with Gasteiger partial charge >= 0.3 is 6.09 Å². The number of nitrogen functional groups attached to an aromatic ring is 1. The summed E-state index contributed by atoms with van der Waals surface area (Å²) in [7, 11) is 2.90. The second kappa shape index (κ2) is 13.8. The molecule has 39 heavy (non-hydrogen) atoms. The molecule has 0 spiro atoms. The summed E-state index contributed by atoms with van der Waals surface area (Å²) < 4.78 is 16.4. The minimum Gasteiger partial charge on any atom is -0.506 e. The highest BCUT2D eigenvalue weighted by Crippen LogP contribution is 2.40. The van der Waals surface area contributed by atoms with Crippen molar-refractivity contribution in [2.24, 2.45) is 11.7 Å². The summed E-state index contributed by atoms with van der Waals surface area (Å²) in [6.45, 7) is 6.83. The normalized spacial score (nSPS) is 27.4. The number of phenols is 2. The number of aromatic hydroxyl groups is 2. The molecule has 214 valence electrons. The van der Waals surface area contributed by atoms with Crippen LogP contribution in [0.5, 0.6) is 11.5 Å². The Morgan fingerprint density at radius 1 is 1.15 bits per heavy atom. The lowest BCUT2D eigenvalue weighted by Crippen LogP contribution is -2.36. The lowest BCUT2D eigenvalue weighted by molar-refractivity contribution is -0.112. The number of allylic oxidation sites excluding steroid dienone is 2. The van der Waals surface area contributed by atoms with Gasteiger partial charge in [-0.15, -0.1) is 0 Å². The number of aliphatic hydroxyl groups is 1. The molecule has 8 N–H and O–H groups in total. The van der Waals surface area contributed by atoms with Crippen LogP contribution < -0.4 is 16.8 Å². The monoisotopic (exact) mass is 545 g/mol. The van der Waals surface area contributed by atoms with E-state index >= 15 is 0 Å². The van der Waals surface area contributed by atoms with E-state index in [9.17, 15) is 24.9 Å². The summed E-state index contributed by atoms with van der Waals surface area (Å²) in [6.07, 6.45) is 3.89. The summed E-state index contributed by atoms with van der Waals surface area (Å²) in [5, 5.41) is 34.9. The van der Waals surface area contributed by atoms with E-state index in [1.807, 2.05) is 0 Å². The van der Waals surface area contributed by atoms with Crippen molar-refractivity contribution in [2.75, 3.05) is 25.3 Å². The van der Waals surface area contributed by atoms with Gasteiger partial charge in [-0.25, -0.2) is 4.79 Å². The van der Waals surface area contributed by atoms with Gasteiger partial charge in [0, 0.05) is 37.3 Å². The van der Waals surface area contributed by atoms with E-state index in [0.717, 1.165) is 6.07 Å². The van der Waals surface area contributed by atoms with Crippen molar-refractivity contribution >= 4 is 29.5 Å². The van der Waals surface area contributed by atoms with E-state index in [1.165, 1.54) is 20.3 Å². The Morgan fingerprint density at radius 2 is 1.82 bits per heavy atom. The smallest absolute Gasteiger partial charge is 0.405 e. The van der Waals surface area contributed by atoms with Gasteiger partial charge in [-0.2, -0.15) is 0 Å². The van der Waals surface area contributed by atoms with E-state index in [4.69, 9.17) is 25.7 Å². The zero-order valence-electron chi connectivity index (χ0n) is 23.1. The molecule has 11 heteroatoms. The maximum absolute atomic E-state index is 12.8. The van der Waals surface area contributed by atoms with E-state index < -0.39 is 42.3 Å². The topological polar surface area (TPSA) is 187 Å². The van der Waals surface area contributed by atoms with Gasteiger partial charge in [0.1, 0.15) is 17.6 Å². The van der Waals surface area contributed by atoms with Gasteiger partial charge in [0.25, 0.3) is 5.91 Å². The summed E-state index contributed by atoms with van der Waals surface area (Å²) in [4.78, 5) is 24.5. The zero-order chi connectivity index (χ0) is 29.4. The number of rotatable bonds is 3. The van der Waals surface area contributed by atoms with Crippen LogP contribution in [0.3, 0.4) is 0 Å². The van der Waals surface area contributed by atoms with Crippen LogP contribution in [0.2, 0.25) is 0 Å². The number of anilines is 2. The standard InChI is InChI=1S/C28H39N3O8/c1-14-10-18-23(29)20(32)13-19(25(18)34)31-27(35)15(2)8-7-9-21(37-5)26(39-28(30)36)17(4)12-16(3)24(33)22(11-14)38-6/h7-10,12-13,16,21-22,24,26,32-34H,11,29H2,1-6H3,(H2,30,36)(H,31,35)/b9-7+,14-10+,15-8?,17-12?. The fourth-order valence-electron chi connectivity index (χ4n) is 4.30. The minimum atomic E-state index is -1.000. The van der Waals surface area contributed by atoms with E-state index in [-0.39, 0.29) is 40.4 Å². The third-order valence-corrected chi connectivity index (χ3v) is 6.54. The lowest BCUT2D eigenvalue weighted by atomic mass is 9.91. The molecule has 2 amide bonds. The Bertz CT molecular complexity index is 1190. The predicted molar refractivity (Wildman–Crippen MR) is 149 cm³/mol. The molecule has 5 atom stereocenters. The molecule has 0 radical (unpaired) electrons. The Kier molecular flexibility index (Phi) is 11.1. The van der Waals surface area contributed by atoms with Crippen LogP contribution in [-0.2, 0) is 19.0 Å². The van der Waals surface area contributed by atoms with Crippen LogP contribution >= 0.6 is 0 Å². The maximum Gasteiger partial charge on any atom is 0.405 e. The number of phenolic OH excluding ortho intramolecular Hbond substituents is 2. The fourth-order valence-corrected chi connectivity index (χ4v) is 4.30. The average Bonchev–Trinajstić information content (AvgIpc) is 2.88. The minimum absolute atomic E-state index is 0.0399. The fraction of sp³-hybridized carbons (Fsp3) is 0.429. The molecular weight excluding hydrogens is 506 g/mol. The van der Waals surface area contributed by atoms with Crippen molar-refractivity contribution in [1.29, 1.82) is 0 Å². The number of nitrogens with two attached hydrogens (primary N) is 2. The first-order chi connectivity index (χ1) is 18.3. The summed E-state index contributed by atoms with van der Waals surface area (Å²) in [5.41, 5.74) is 12.9. The first-order valence-corrected chi connectivity index (χ1v) is 12.4. The van der Waals surface area contributed by atoms with Crippen LogP contribution in [0.1, 0.15) is 39.7 Å². The number of nitrogens with one attached hydrogen (secondary N) is 1. The Labute approximate surface area is 228 Å². The zero-order valence-corrected chi connectivity index (χ0v) is 23.1. The molecule has 0 fully saturated rings. The van der Waals surface area contributed by atoms with Crippen molar-refractivity contribution in [1.82, 2.24) is 0 Å². The number of carbonyl (C=O) groups excluding carboxylic acids is 2. The van der Waals surface area contributed by atoms with Crippen molar-refractivity contribution in [2.45, 2.75) is 58.5 Å². The van der Waals surface area contributed by atoms with Gasteiger partial charge in [-0.3, -0.25) is 4.79 Å². The number of hydrogen-bond donors (Lipinski definition) is 6. The van der Waals surface area contributed by atoms with Gasteiger partial charge in [0.15, 0.2) is 6.10 Å². The van der Waals surface area contributed by atoms with E-state index in [2.05, 4.69) is 5.32 Å². The first kappa shape index (κ1) is 31.4. The number of fused-ring (bicyclic) bond motifs is 2. The van der Waals surface area contributed by atoms with Crippen LogP contribution in [0.15, 0.2) is 47.1 Å². The molecule has 0 aromatic heterocycles. The summed E-state index contributed by atoms with van der Waals surface area (Å²) in [5.74, 6) is -1.64. The highest BCUT2D eigenvalue weighted by atomic mass is 16.6. The van der Waals surface area contributed by atoms with Gasteiger partial charge in [0.05, 0.1) is 23.6 Å². The third kappa shape index (κ3) is 8.09. The molecule has 1 aliphatic heterocycles. The molecular formula is C28H39N3O8. The van der Waals surface area contributed by atoms with Gasteiger partial charge in [-0.05, 0) is 38.8 Å². The third-order valence-electron chi connectivity index (χ3n) is 6.54. The Morgan fingerprint density at radius 3 is 2.41 bits per heavy atom. The first-order valence-electron chi connectivity index (χ1n) is 12.4. The molecule has 5 unspecified atom stereocenters. The molecule has 0 saturated heterocycles. The van der Waals surface area contributed by atoms with Gasteiger partial charge in [0.2, 0.25) is 0 Å². The van der Waals surface area contributed by atoms with Crippen molar-refractivity contribution < 1.29 is 39.1 Å². The van der Waals surface area contributed by atoms with Crippen LogP contribution in [0, 0.1) is 5.92 Å². The van der Waals surface area contributed by atoms with Crippen LogP contribution in [0.25, 0.3) is 6.08 Å². The predicted octanol–water partition coefficient (Wildman–Crippen LogP) is 3.37. The number of aliphatic hydroxyl groups excluding tert-OH is 1. The van der Waals surface area contributed by atoms with Crippen molar-refractivity contribution in [3.8, 4) is 11.5 Å². The largest absolute Gasteiger partial charge is 0.506 e. The van der Waals surface area contributed by atoms with Crippen molar-refractivity contribution in [3.63, 3.8) is 0 Å². The van der Waals surface area contributed by atoms with Crippen LogP contribution in [0.4, 0.5) is 16.2 Å². The highest BCUT2D eigenvalue weighted by Gasteiger charge is 2.28. The Hall–Kier alpha value is -3.80. The van der Waals surface area contributed by atoms with E-state index in [1.54, 1.807) is 52.0 Å². The number of methoxy groups -OCH3 is 2. The average molecular weight is 546 g/mol. The molecule has 11 nitrogen and oxygen atoms in total. The molecule has 2 bridgehead atoms. The SMILES string of the molecule is COC1/C=C/C=C(C)C(=O)Nc2cc(O)c(N)c(c2O)/C=C(\C)CC(OC)C(O)C(C)C=C(C)C1OC(N)=O. The van der Waals surface area contributed by atoms with Crippen LogP contribution in [-0.4, -0.2) is 66.0 Å². The number of carbonyl (C=O) groups is 2. The van der Waals surface area contributed by atoms with E-state index in [0.29, 0.717) is 11.1 Å². The number of ether oxygens (including phenoxy) is 3. The van der Waals surface area contributed by atoms with Gasteiger partial charge < -0.3 is 46.3 Å². The molecule has 1 heterocycles. The summed E-state index contributed by atoms with van der Waals surface area (Å²) in [6, 6.07) is 1.16. The molecule has 1 aromatic carbocycles. The number of hydrogen-bond acceptors (Lipinski definition) is 9. The number of primary amides is 1. The number of amides is 2. The molecule has 0 saturated carbocycles. The van der Waals surface area contributed by atoms with Gasteiger partial charge in [-0.1, -0.05) is 36.8 Å². The lowest BCUT2D eigenvalue weighted by Gasteiger charge is -2.28. The second-order valence-corrected chi connectivity index (χ2v) is 9.60.